The number of benzene rings is 3. The maximum Gasteiger partial charge on any atom is 0.266 e. The summed E-state index contributed by atoms with van der Waals surface area (Å²) in [5.41, 5.74) is 1.03. The van der Waals surface area contributed by atoms with E-state index in [1.807, 2.05) is 12.1 Å². The van der Waals surface area contributed by atoms with Crippen LogP contribution in [0.15, 0.2) is 72.3 Å². The SMILES string of the molecule is N#C/C(=C\c1cc(Cl)cc(Cl)c1OCc1ccccc1F)C(=O)Nc1ccccc1. The van der Waals surface area contributed by atoms with Gasteiger partial charge in [0, 0.05) is 21.8 Å². The van der Waals surface area contributed by atoms with Gasteiger partial charge in [0.25, 0.3) is 5.91 Å². The summed E-state index contributed by atoms with van der Waals surface area (Å²) in [6.07, 6.45) is 1.33. The number of para-hydroxylation sites is 1. The third kappa shape index (κ3) is 5.38. The number of amides is 1. The molecule has 0 fully saturated rings. The molecule has 0 spiro atoms. The van der Waals surface area contributed by atoms with Gasteiger partial charge in [0.1, 0.15) is 29.8 Å². The van der Waals surface area contributed by atoms with Crippen molar-refractivity contribution in [3.63, 3.8) is 0 Å². The summed E-state index contributed by atoms with van der Waals surface area (Å²) in [5.74, 6) is -0.830. The minimum atomic E-state index is -0.597. The van der Waals surface area contributed by atoms with Gasteiger partial charge in [0.05, 0.1) is 5.02 Å². The summed E-state index contributed by atoms with van der Waals surface area (Å²) in [6.45, 7) is -0.0903. The molecule has 0 aliphatic carbocycles. The van der Waals surface area contributed by atoms with Crippen molar-refractivity contribution >= 4 is 40.9 Å². The van der Waals surface area contributed by atoms with Crippen molar-refractivity contribution in [2.45, 2.75) is 6.61 Å². The van der Waals surface area contributed by atoms with Gasteiger partial charge in [-0.05, 0) is 36.4 Å². The molecule has 30 heavy (non-hydrogen) atoms. The summed E-state index contributed by atoms with van der Waals surface area (Å²) in [6, 6.07) is 19.7. The summed E-state index contributed by atoms with van der Waals surface area (Å²) in [5, 5.41) is 12.6. The summed E-state index contributed by atoms with van der Waals surface area (Å²) >= 11 is 12.3. The van der Waals surface area contributed by atoms with Gasteiger partial charge in [-0.15, -0.1) is 0 Å². The van der Waals surface area contributed by atoms with Crippen molar-refractivity contribution in [2.24, 2.45) is 0 Å². The van der Waals surface area contributed by atoms with Crippen LogP contribution in [-0.2, 0) is 11.4 Å². The maximum atomic E-state index is 13.9. The Labute approximate surface area is 183 Å². The quantitative estimate of drug-likeness (QED) is 0.363. The molecule has 0 bridgehead atoms. The Morgan fingerprint density at radius 1 is 1.10 bits per heavy atom. The molecule has 0 aliphatic rings. The largest absolute Gasteiger partial charge is 0.487 e. The van der Waals surface area contributed by atoms with Gasteiger partial charge >= 0.3 is 0 Å². The first-order chi connectivity index (χ1) is 14.5. The van der Waals surface area contributed by atoms with Crippen LogP contribution in [0.5, 0.6) is 5.75 Å². The highest BCUT2D eigenvalue weighted by atomic mass is 35.5. The average Bonchev–Trinajstić information content (AvgIpc) is 2.73. The Balaban J connectivity index is 1.90. The molecule has 1 N–H and O–H groups in total. The van der Waals surface area contributed by atoms with Crippen molar-refractivity contribution in [1.82, 2.24) is 0 Å². The molecule has 3 aromatic rings. The lowest BCUT2D eigenvalue weighted by atomic mass is 10.1. The number of anilines is 1. The first-order valence-electron chi connectivity index (χ1n) is 8.81. The van der Waals surface area contributed by atoms with E-state index in [0.29, 0.717) is 21.8 Å². The third-order valence-corrected chi connectivity index (χ3v) is 4.56. The molecule has 1 amide bonds. The molecule has 3 aromatic carbocycles. The van der Waals surface area contributed by atoms with E-state index in [2.05, 4.69) is 5.32 Å². The van der Waals surface area contributed by atoms with Crippen LogP contribution < -0.4 is 10.1 Å². The number of carbonyl (C=O) groups is 1. The minimum Gasteiger partial charge on any atom is -0.487 e. The lowest BCUT2D eigenvalue weighted by Crippen LogP contribution is -2.13. The van der Waals surface area contributed by atoms with Crippen molar-refractivity contribution in [3.05, 3.63) is 99.3 Å². The van der Waals surface area contributed by atoms with Gasteiger partial charge in [-0.25, -0.2) is 4.39 Å². The van der Waals surface area contributed by atoms with Gasteiger partial charge in [-0.1, -0.05) is 59.6 Å². The summed E-state index contributed by atoms with van der Waals surface area (Å²) < 4.78 is 19.6. The number of halogens is 3. The smallest absolute Gasteiger partial charge is 0.266 e. The highest BCUT2D eigenvalue weighted by Gasteiger charge is 2.15. The monoisotopic (exact) mass is 440 g/mol. The Morgan fingerprint density at radius 2 is 1.80 bits per heavy atom. The highest BCUT2D eigenvalue weighted by Crippen LogP contribution is 2.34. The summed E-state index contributed by atoms with van der Waals surface area (Å²) in [4.78, 5) is 12.5. The second-order valence-electron chi connectivity index (χ2n) is 6.18. The van der Waals surface area contributed by atoms with Crippen LogP contribution in [0.4, 0.5) is 10.1 Å². The highest BCUT2D eigenvalue weighted by molar-refractivity contribution is 6.36. The second-order valence-corrected chi connectivity index (χ2v) is 7.02. The number of carbonyl (C=O) groups excluding carboxylic acids is 1. The van der Waals surface area contributed by atoms with Crippen molar-refractivity contribution in [2.75, 3.05) is 5.32 Å². The maximum absolute atomic E-state index is 13.9. The van der Waals surface area contributed by atoms with Crippen molar-refractivity contribution in [1.29, 1.82) is 5.26 Å². The molecular formula is C23H15Cl2FN2O2. The summed E-state index contributed by atoms with van der Waals surface area (Å²) in [7, 11) is 0. The third-order valence-electron chi connectivity index (χ3n) is 4.06. The molecule has 0 radical (unpaired) electrons. The number of rotatable bonds is 6. The number of nitrogens with one attached hydrogen (secondary N) is 1. The molecular weight excluding hydrogens is 426 g/mol. The van der Waals surface area contributed by atoms with E-state index in [-0.39, 0.29) is 23.0 Å². The molecule has 3 rings (SSSR count). The number of hydrogen-bond donors (Lipinski definition) is 1. The second kappa shape index (κ2) is 9.93. The zero-order chi connectivity index (χ0) is 21.5. The van der Waals surface area contributed by atoms with Crippen LogP contribution in [0.25, 0.3) is 6.08 Å². The number of hydrogen-bond acceptors (Lipinski definition) is 3. The predicted molar refractivity (Wildman–Crippen MR) is 116 cm³/mol. The van der Waals surface area contributed by atoms with Gasteiger partial charge < -0.3 is 10.1 Å². The van der Waals surface area contributed by atoms with Crippen LogP contribution >= 0.6 is 23.2 Å². The molecule has 0 atom stereocenters. The zero-order valence-corrected chi connectivity index (χ0v) is 17.0. The van der Waals surface area contributed by atoms with Crippen molar-refractivity contribution < 1.29 is 13.9 Å². The predicted octanol–water partition coefficient (Wildman–Crippen LogP) is 6.26. The molecule has 0 saturated carbocycles. The lowest BCUT2D eigenvalue weighted by molar-refractivity contribution is -0.112. The molecule has 4 nitrogen and oxygen atoms in total. The number of nitriles is 1. The fraction of sp³-hybridized carbons (Fsp3) is 0.0435. The number of nitrogens with zero attached hydrogens (tertiary/aromatic N) is 1. The fourth-order valence-corrected chi connectivity index (χ4v) is 3.19. The van der Waals surface area contributed by atoms with Gasteiger partial charge in [-0.3, -0.25) is 4.79 Å². The Morgan fingerprint density at radius 3 is 2.50 bits per heavy atom. The van der Waals surface area contributed by atoms with E-state index in [9.17, 15) is 14.4 Å². The van der Waals surface area contributed by atoms with Gasteiger partial charge in [0.2, 0.25) is 0 Å². The topological polar surface area (TPSA) is 62.1 Å². The first kappa shape index (κ1) is 21.4. The molecule has 7 heteroatoms. The average molecular weight is 441 g/mol. The fourth-order valence-electron chi connectivity index (χ4n) is 2.63. The lowest BCUT2D eigenvalue weighted by Gasteiger charge is -2.13. The Bertz CT molecular complexity index is 1140. The number of ether oxygens (including phenoxy) is 1. The standard InChI is InChI=1S/C23H15Cl2FN2O2/c24-18-11-16(10-17(13-27)23(29)28-19-7-2-1-3-8-19)22(20(25)12-18)30-14-15-6-4-5-9-21(15)26/h1-12H,14H2,(H,28,29)/b17-10+. The van der Waals surface area contributed by atoms with Gasteiger partial charge in [0.15, 0.2) is 0 Å². The molecule has 0 aromatic heterocycles. The van der Waals surface area contributed by atoms with Crippen LogP contribution in [-0.4, -0.2) is 5.91 Å². The van der Waals surface area contributed by atoms with E-state index in [0.717, 1.165) is 0 Å². The normalized spacial score (nSPS) is 10.9. The van der Waals surface area contributed by atoms with Crippen LogP contribution in [0.1, 0.15) is 11.1 Å². The zero-order valence-electron chi connectivity index (χ0n) is 15.5. The molecule has 150 valence electrons. The van der Waals surface area contributed by atoms with E-state index in [4.69, 9.17) is 27.9 Å². The molecule has 0 unspecified atom stereocenters. The van der Waals surface area contributed by atoms with Crippen molar-refractivity contribution in [3.8, 4) is 11.8 Å². The van der Waals surface area contributed by atoms with Gasteiger partial charge in [-0.2, -0.15) is 5.26 Å². The van der Waals surface area contributed by atoms with Crippen LogP contribution in [0.3, 0.4) is 0 Å². The Hall–Kier alpha value is -3.33. The first-order valence-corrected chi connectivity index (χ1v) is 9.57. The van der Waals surface area contributed by atoms with E-state index < -0.39 is 11.7 Å². The van der Waals surface area contributed by atoms with Crippen LogP contribution in [0.2, 0.25) is 10.0 Å². The van der Waals surface area contributed by atoms with Crippen LogP contribution in [0, 0.1) is 17.1 Å². The molecule has 0 aliphatic heterocycles. The van der Waals surface area contributed by atoms with E-state index >= 15 is 0 Å². The molecule has 0 heterocycles. The minimum absolute atomic E-state index is 0.0903. The molecule has 0 saturated heterocycles. The Kier molecular flexibility index (Phi) is 7.08. The van der Waals surface area contributed by atoms with E-state index in [1.165, 1.54) is 24.3 Å². The van der Waals surface area contributed by atoms with E-state index in [1.54, 1.807) is 42.5 Å².